The second-order valence-electron chi connectivity index (χ2n) is 6.01. The average molecular weight is 412 g/mol. The molecule has 156 valence electrons. The molecule has 1 N–H and O–H groups in total. The summed E-state index contributed by atoms with van der Waals surface area (Å²) >= 11 is 0. The molecule has 1 heterocycles. The van der Waals surface area contributed by atoms with E-state index in [1.807, 2.05) is 0 Å². The number of methoxy groups -OCH3 is 1. The minimum atomic E-state index is -0.584. The van der Waals surface area contributed by atoms with Gasteiger partial charge in [-0.25, -0.2) is 4.68 Å². The van der Waals surface area contributed by atoms with Crippen molar-refractivity contribution >= 4 is 17.3 Å². The van der Waals surface area contributed by atoms with E-state index in [2.05, 4.69) is 10.4 Å². The summed E-state index contributed by atoms with van der Waals surface area (Å²) in [4.78, 5) is 23.2. The molecule has 0 saturated heterocycles. The molecule has 3 aromatic rings. The molecule has 0 aliphatic rings. The highest BCUT2D eigenvalue weighted by Gasteiger charge is 2.19. The van der Waals surface area contributed by atoms with Gasteiger partial charge >= 0.3 is 0 Å². The van der Waals surface area contributed by atoms with Crippen molar-refractivity contribution in [1.82, 2.24) is 9.78 Å². The fraction of sp³-hybridized carbons (Fsp3) is 0.200. The summed E-state index contributed by atoms with van der Waals surface area (Å²) in [5, 5.41) is 18.0. The number of nitrogens with one attached hydrogen (secondary N) is 1. The number of ether oxygens (including phenoxy) is 3. The van der Waals surface area contributed by atoms with Gasteiger partial charge in [-0.1, -0.05) is 0 Å². The quantitative estimate of drug-likeness (QED) is 0.422. The fourth-order valence-electron chi connectivity index (χ4n) is 2.58. The van der Waals surface area contributed by atoms with Crippen LogP contribution in [0.5, 0.6) is 17.2 Å². The molecule has 1 amide bonds. The number of benzene rings is 2. The molecular weight excluding hydrogens is 392 g/mol. The number of hydrogen-bond acceptors (Lipinski definition) is 7. The van der Waals surface area contributed by atoms with Gasteiger partial charge in [0.05, 0.1) is 24.7 Å². The maximum Gasteiger partial charge on any atom is 0.296 e. The Labute approximate surface area is 172 Å². The number of rotatable bonds is 9. The molecule has 0 spiro atoms. The number of amides is 1. The topological polar surface area (TPSA) is 118 Å². The molecule has 0 aliphatic heterocycles. The smallest absolute Gasteiger partial charge is 0.296 e. The molecule has 0 bridgehead atoms. The van der Waals surface area contributed by atoms with Crippen molar-refractivity contribution < 1.29 is 23.9 Å². The zero-order chi connectivity index (χ0) is 21.5. The number of anilines is 1. The van der Waals surface area contributed by atoms with Gasteiger partial charge in [0.25, 0.3) is 11.6 Å². The monoisotopic (exact) mass is 412 g/mol. The predicted octanol–water partition coefficient (Wildman–Crippen LogP) is 3.49. The fourth-order valence-corrected chi connectivity index (χ4v) is 2.58. The van der Waals surface area contributed by atoms with Gasteiger partial charge in [0.15, 0.2) is 12.4 Å². The van der Waals surface area contributed by atoms with Crippen LogP contribution >= 0.6 is 0 Å². The van der Waals surface area contributed by atoms with Gasteiger partial charge in [-0.15, -0.1) is 0 Å². The lowest BCUT2D eigenvalue weighted by Crippen LogP contribution is -2.15. The Bertz CT molecular complexity index is 1030. The minimum Gasteiger partial charge on any atom is -0.497 e. The van der Waals surface area contributed by atoms with Crippen molar-refractivity contribution in [3.8, 4) is 17.2 Å². The van der Waals surface area contributed by atoms with Crippen LogP contribution in [0.25, 0.3) is 0 Å². The van der Waals surface area contributed by atoms with Crippen molar-refractivity contribution in [1.29, 1.82) is 0 Å². The third-order valence-electron chi connectivity index (χ3n) is 4.02. The van der Waals surface area contributed by atoms with Crippen LogP contribution < -0.4 is 19.5 Å². The van der Waals surface area contributed by atoms with Crippen LogP contribution in [-0.4, -0.2) is 34.3 Å². The number of nitro groups is 1. The van der Waals surface area contributed by atoms with Crippen molar-refractivity contribution in [2.24, 2.45) is 0 Å². The molecule has 0 fully saturated rings. The lowest BCUT2D eigenvalue weighted by atomic mass is 10.2. The SMILES string of the molecule is CCOc1ccc(NC(=O)c2ccn(COc3ccc(OC)cc3)n2)c([N+](=O)[O-])c1. The number of carbonyl (C=O) groups excluding carboxylic acids is 1. The number of aromatic nitrogens is 2. The lowest BCUT2D eigenvalue weighted by molar-refractivity contribution is -0.384. The Kier molecular flexibility index (Phi) is 6.48. The Morgan fingerprint density at radius 3 is 2.47 bits per heavy atom. The summed E-state index contributed by atoms with van der Waals surface area (Å²) in [6.45, 7) is 2.23. The standard InChI is InChI=1S/C20H20N4O6/c1-3-29-16-8-9-17(19(12-16)24(26)27)21-20(25)18-10-11-23(22-18)13-30-15-6-4-14(28-2)5-7-15/h4-12H,3,13H2,1-2H3,(H,21,25). The van der Waals surface area contributed by atoms with Crippen molar-refractivity contribution in [3.63, 3.8) is 0 Å². The van der Waals surface area contributed by atoms with E-state index in [-0.39, 0.29) is 23.8 Å². The third kappa shape index (κ3) is 5.04. The summed E-state index contributed by atoms with van der Waals surface area (Å²) in [5.74, 6) is 1.10. The Hall–Kier alpha value is -4.08. The Morgan fingerprint density at radius 2 is 1.80 bits per heavy atom. The van der Waals surface area contributed by atoms with Crippen LogP contribution in [0.2, 0.25) is 0 Å². The van der Waals surface area contributed by atoms with E-state index in [0.29, 0.717) is 23.9 Å². The van der Waals surface area contributed by atoms with Crippen LogP contribution in [0, 0.1) is 10.1 Å². The van der Waals surface area contributed by atoms with Gasteiger partial charge in [-0.3, -0.25) is 14.9 Å². The Balaban J connectivity index is 1.65. The van der Waals surface area contributed by atoms with Crippen molar-refractivity contribution in [2.75, 3.05) is 19.0 Å². The highest BCUT2D eigenvalue weighted by Crippen LogP contribution is 2.29. The summed E-state index contributed by atoms with van der Waals surface area (Å²) in [6.07, 6.45) is 1.57. The van der Waals surface area contributed by atoms with E-state index < -0.39 is 10.8 Å². The third-order valence-corrected chi connectivity index (χ3v) is 4.02. The van der Waals surface area contributed by atoms with Gasteiger partial charge in [0, 0.05) is 6.20 Å². The normalized spacial score (nSPS) is 10.3. The highest BCUT2D eigenvalue weighted by molar-refractivity contribution is 6.04. The van der Waals surface area contributed by atoms with Gasteiger partial charge in [0.1, 0.15) is 22.9 Å². The molecular formula is C20H20N4O6. The van der Waals surface area contributed by atoms with Gasteiger partial charge < -0.3 is 19.5 Å². The van der Waals surface area contributed by atoms with Crippen LogP contribution in [0.4, 0.5) is 11.4 Å². The minimum absolute atomic E-state index is 0.0532. The summed E-state index contributed by atoms with van der Waals surface area (Å²) in [7, 11) is 1.58. The Morgan fingerprint density at radius 1 is 1.10 bits per heavy atom. The molecule has 3 rings (SSSR count). The highest BCUT2D eigenvalue weighted by atomic mass is 16.6. The van der Waals surface area contributed by atoms with Crippen LogP contribution in [0.1, 0.15) is 17.4 Å². The van der Waals surface area contributed by atoms with Crippen LogP contribution in [0.3, 0.4) is 0 Å². The second kappa shape index (κ2) is 9.41. The van der Waals surface area contributed by atoms with Crippen LogP contribution in [-0.2, 0) is 6.73 Å². The molecule has 10 nitrogen and oxygen atoms in total. The molecule has 0 atom stereocenters. The predicted molar refractivity (Wildman–Crippen MR) is 108 cm³/mol. The van der Waals surface area contributed by atoms with E-state index in [9.17, 15) is 14.9 Å². The molecule has 10 heteroatoms. The van der Waals surface area contributed by atoms with Gasteiger partial charge in [0.2, 0.25) is 0 Å². The zero-order valence-electron chi connectivity index (χ0n) is 16.4. The summed E-state index contributed by atoms with van der Waals surface area (Å²) < 4.78 is 17.4. The molecule has 0 radical (unpaired) electrons. The number of nitrogens with zero attached hydrogens (tertiary/aromatic N) is 3. The maximum atomic E-state index is 12.5. The van der Waals surface area contributed by atoms with Crippen LogP contribution in [0.15, 0.2) is 54.7 Å². The first-order valence-corrected chi connectivity index (χ1v) is 9.03. The van der Waals surface area contributed by atoms with Crippen molar-refractivity contribution in [3.05, 3.63) is 70.5 Å². The molecule has 0 saturated carbocycles. The number of carbonyl (C=O) groups is 1. The first-order chi connectivity index (χ1) is 14.5. The average Bonchev–Trinajstić information content (AvgIpc) is 3.23. The first-order valence-electron chi connectivity index (χ1n) is 9.03. The summed E-state index contributed by atoms with van der Waals surface area (Å²) in [5.41, 5.74) is -0.120. The molecule has 0 unspecified atom stereocenters. The number of hydrogen-bond donors (Lipinski definition) is 1. The largest absolute Gasteiger partial charge is 0.497 e. The van der Waals surface area contributed by atoms with Gasteiger partial charge in [-0.2, -0.15) is 5.10 Å². The first kappa shape index (κ1) is 20.6. The molecule has 30 heavy (non-hydrogen) atoms. The van der Waals surface area contributed by atoms with Crippen molar-refractivity contribution in [2.45, 2.75) is 13.7 Å². The van der Waals surface area contributed by atoms with Gasteiger partial charge in [-0.05, 0) is 49.4 Å². The summed E-state index contributed by atoms with van der Waals surface area (Å²) in [6, 6.07) is 12.8. The van der Waals surface area contributed by atoms with E-state index in [1.54, 1.807) is 50.6 Å². The van der Waals surface area contributed by atoms with E-state index in [0.717, 1.165) is 0 Å². The second-order valence-corrected chi connectivity index (χ2v) is 6.01. The lowest BCUT2D eigenvalue weighted by Gasteiger charge is -2.08. The molecule has 2 aromatic carbocycles. The molecule has 1 aromatic heterocycles. The maximum absolute atomic E-state index is 12.5. The van der Waals surface area contributed by atoms with E-state index in [4.69, 9.17) is 14.2 Å². The number of nitro benzene ring substituents is 1. The molecule has 0 aliphatic carbocycles. The zero-order valence-corrected chi connectivity index (χ0v) is 16.4. The van der Waals surface area contributed by atoms with E-state index >= 15 is 0 Å². The van der Waals surface area contributed by atoms with E-state index in [1.165, 1.54) is 22.9 Å².